The van der Waals surface area contributed by atoms with E-state index in [1.165, 1.54) is 30.4 Å². The molecule has 11 nitrogen and oxygen atoms in total. The molecule has 2 aromatic carbocycles. The van der Waals surface area contributed by atoms with Crippen molar-refractivity contribution in [2.45, 2.75) is 44.2 Å². The third-order valence-electron chi connectivity index (χ3n) is 9.85. The minimum absolute atomic E-state index is 0.0922. The number of methoxy groups -OCH3 is 1. The highest BCUT2D eigenvalue weighted by Crippen LogP contribution is 2.47. The van der Waals surface area contributed by atoms with E-state index in [1.54, 1.807) is 13.2 Å². The molecule has 242 valence electrons. The highest BCUT2D eigenvalue weighted by molar-refractivity contribution is 6.36. The maximum atomic E-state index is 13.2. The number of nitrogens with one attached hydrogen (secondary N) is 2. The van der Waals surface area contributed by atoms with Gasteiger partial charge in [0.05, 0.1) is 23.4 Å². The number of halogens is 1. The first-order chi connectivity index (χ1) is 22.5. The predicted molar refractivity (Wildman–Crippen MR) is 179 cm³/mol. The standard InChI is InChI=1S/C35H35ClN6O5/c1-19-21(7-6-10-25(19)37-31(44)24-16-40(2)34(46)41(3)33(24)45)22-8-5-9-23(30(22)36)26-15-20-11-12-27(29(20)32(38-26)47-4)42-17-35(18-42)14-13-28(43)39-35/h5-10,15-16,27H,11-14,17-18H2,1-4H3,(H,37,44)(H,39,43)/t27-/m0/s1. The molecule has 2 N–H and O–H groups in total. The van der Waals surface area contributed by atoms with E-state index in [-0.39, 0.29) is 23.1 Å². The van der Waals surface area contributed by atoms with E-state index in [0.29, 0.717) is 28.7 Å². The first-order valence-electron chi connectivity index (χ1n) is 15.6. The molecule has 2 aliphatic heterocycles. The average molecular weight is 655 g/mol. The number of amides is 2. The zero-order valence-electron chi connectivity index (χ0n) is 26.6. The average Bonchev–Trinajstić information content (AvgIpc) is 3.65. The molecule has 0 saturated carbocycles. The van der Waals surface area contributed by atoms with Crippen molar-refractivity contribution >= 4 is 29.1 Å². The van der Waals surface area contributed by atoms with Crippen molar-refractivity contribution in [1.82, 2.24) is 24.3 Å². The molecule has 3 aliphatic rings. The fraction of sp³-hybridized carbons (Fsp3) is 0.343. The lowest BCUT2D eigenvalue weighted by Gasteiger charge is -2.50. The summed E-state index contributed by atoms with van der Waals surface area (Å²) in [5.41, 5.74) is 5.18. The molecule has 7 rings (SSSR count). The molecule has 2 amide bonds. The number of aryl methyl sites for hydroxylation is 2. The van der Waals surface area contributed by atoms with Crippen LogP contribution in [-0.4, -0.2) is 56.6 Å². The number of hydrogen-bond acceptors (Lipinski definition) is 7. The van der Waals surface area contributed by atoms with Crippen molar-refractivity contribution in [2.75, 3.05) is 25.5 Å². The van der Waals surface area contributed by atoms with Crippen molar-refractivity contribution in [3.63, 3.8) is 0 Å². The molecule has 0 bridgehead atoms. The lowest BCUT2D eigenvalue weighted by Crippen LogP contribution is -2.67. The van der Waals surface area contributed by atoms with Crippen LogP contribution in [0.4, 0.5) is 5.69 Å². The van der Waals surface area contributed by atoms with Crippen molar-refractivity contribution in [1.29, 1.82) is 0 Å². The quantitative estimate of drug-likeness (QED) is 0.322. The summed E-state index contributed by atoms with van der Waals surface area (Å²) in [5, 5.41) is 6.52. The van der Waals surface area contributed by atoms with E-state index >= 15 is 0 Å². The summed E-state index contributed by atoms with van der Waals surface area (Å²) in [4.78, 5) is 57.1. The Balaban J connectivity index is 1.18. The lowest BCUT2D eigenvalue weighted by molar-refractivity contribution is -0.121. The molecular weight excluding hydrogens is 620 g/mol. The summed E-state index contributed by atoms with van der Waals surface area (Å²) >= 11 is 7.13. The Labute approximate surface area is 276 Å². The largest absolute Gasteiger partial charge is 0.481 e. The Morgan fingerprint density at radius 3 is 2.51 bits per heavy atom. The Morgan fingerprint density at radius 1 is 1.06 bits per heavy atom. The van der Waals surface area contributed by atoms with Crippen LogP contribution in [0.1, 0.15) is 52.4 Å². The summed E-state index contributed by atoms with van der Waals surface area (Å²) in [6, 6.07) is 13.6. The molecule has 4 heterocycles. The Bertz CT molecular complexity index is 2100. The lowest BCUT2D eigenvalue weighted by atomic mass is 9.86. The van der Waals surface area contributed by atoms with Crippen LogP contribution in [0.25, 0.3) is 22.4 Å². The van der Waals surface area contributed by atoms with Crippen LogP contribution >= 0.6 is 11.6 Å². The SMILES string of the molecule is COc1nc(-c2cccc(-c3cccc(NC(=O)c4cn(C)c(=O)n(C)c4=O)c3C)c2Cl)cc2c1[C@@H](N1CC3(CCC(=O)N3)C1)CC2. The second kappa shape index (κ2) is 11.5. The maximum Gasteiger partial charge on any atom is 0.330 e. The number of pyridine rings is 1. The number of fused-ring (bicyclic) bond motifs is 1. The van der Waals surface area contributed by atoms with Gasteiger partial charge >= 0.3 is 5.69 Å². The van der Waals surface area contributed by atoms with E-state index in [0.717, 1.165) is 64.7 Å². The van der Waals surface area contributed by atoms with E-state index < -0.39 is 17.2 Å². The number of aromatic nitrogens is 3. The van der Waals surface area contributed by atoms with Crippen LogP contribution in [-0.2, 0) is 25.3 Å². The van der Waals surface area contributed by atoms with Crippen molar-refractivity contribution in [3.8, 4) is 28.3 Å². The maximum absolute atomic E-state index is 13.2. The van der Waals surface area contributed by atoms with Crippen molar-refractivity contribution in [3.05, 3.63) is 96.8 Å². The Hall–Kier alpha value is -4.74. The van der Waals surface area contributed by atoms with Crippen LogP contribution in [0.5, 0.6) is 5.88 Å². The molecule has 1 atom stereocenters. The number of nitrogens with zero attached hydrogens (tertiary/aromatic N) is 4. The van der Waals surface area contributed by atoms with Crippen molar-refractivity contribution in [2.24, 2.45) is 14.1 Å². The smallest absolute Gasteiger partial charge is 0.330 e. The number of rotatable bonds is 6. The van der Waals surface area contributed by atoms with Crippen molar-refractivity contribution < 1.29 is 14.3 Å². The highest BCUT2D eigenvalue weighted by atomic mass is 35.5. The summed E-state index contributed by atoms with van der Waals surface area (Å²) in [7, 11) is 4.47. The second-order valence-corrected chi connectivity index (χ2v) is 13.2. The van der Waals surface area contributed by atoms with Gasteiger partial charge in [0, 0.05) is 68.2 Å². The fourth-order valence-electron chi connectivity index (χ4n) is 7.36. The van der Waals surface area contributed by atoms with Crippen LogP contribution in [0.3, 0.4) is 0 Å². The van der Waals surface area contributed by atoms with Gasteiger partial charge < -0.3 is 19.9 Å². The molecule has 0 radical (unpaired) electrons. The summed E-state index contributed by atoms with van der Waals surface area (Å²) in [5.74, 6) is 0.110. The van der Waals surface area contributed by atoms with Gasteiger partial charge in [-0.25, -0.2) is 9.78 Å². The number of ether oxygens (including phenoxy) is 1. The van der Waals surface area contributed by atoms with Gasteiger partial charge in [0.15, 0.2) is 0 Å². The number of carbonyl (C=O) groups excluding carboxylic acids is 2. The van der Waals surface area contributed by atoms with Gasteiger partial charge in [-0.05, 0) is 55.0 Å². The zero-order valence-corrected chi connectivity index (χ0v) is 27.4. The molecular formula is C35H35ClN6O5. The Kier molecular flexibility index (Phi) is 7.56. The van der Waals surface area contributed by atoms with Crippen LogP contribution in [0, 0.1) is 6.92 Å². The molecule has 4 aromatic rings. The first kappa shape index (κ1) is 30.9. The van der Waals surface area contributed by atoms with E-state index in [4.69, 9.17) is 21.3 Å². The third-order valence-corrected chi connectivity index (χ3v) is 10.3. The van der Waals surface area contributed by atoms with Gasteiger partial charge in [0.2, 0.25) is 11.8 Å². The molecule has 2 fully saturated rings. The minimum Gasteiger partial charge on any atom is -0.481 e. The number of likely N-dealkylation sites (tertiary alicyclic amines) is 1. The predicted octanol–water partition coefficient (Wildman–Crippen LogP) is 3.99. The van der Waals surface area contributed by atoms with Crippen LogP contribution in [0.2, 0.25) is 5.02 Å². The summed E-state index contributed by atoms with van der Waals surface area (Å²) < 4.78 is 7.97. The topological polar surface area (TPSA) is 128 Å². The van der Waals surface area contributed by atoms with Crippen LogP contribution in [0.15, 0.2) is 58.3 Å². The fourth-order valence-corrected chi connectivity index (χ4v) is 7.68. The number of anilines is 1. The van der Waals surface area contributed by atoms with Crippen LogP contribution < -0.4 is 26.6 Å². The molecule has 0 unspecified atom stereocenters. The number of hydrogen-bond donors (Lipinski definition) is 2. The Morgan fingerprint density at radius 2 is 1.79 bits per heavy atom. The first-order valence-corrected chi connectivity index (χ1v) is 16.0. The molecule has 12 heteroatoms. The number of benzene rings is 2. The third kappa shape index (κ3) is 5.14. The molecule has 47 heavy (non-hydrogen) atoms. The van der Waals surface area contributed by atoms with Gasteiger partial charge in [-0.3, -0.25) is 23.9 Å². The van der Waals surface area contributed by atoms with Gasteiger partial charge in [-0.1, -0.05) is 41.9 Å². The molecule has 2 saturated heterocycles. The highest BCUT2D eigenvalue weighted by Gasteiger charge is 2.51. The van der Waals surface area contributed by atoms with Gasteiger partial charge in [-0.2, -0.15) is 0 Å². The molecule has 1 aliphatic carbocycles. The monoisotopic (exact) mass is 654 g/mol. The number of carbonyl (C=O) groups is 2. The van der Waals surface area contributed by atoms with Gasteiger partial charge in [-0.15, -0.1) is 0 Å². The summed E-state index contributed by atoms with van der Waals surface area (Å²) in [6.45, 7) is 3.55. The summed E-state index contributed by atoms with van der Waals surface area (Å²) in [6.07, 6.45) is 4.57. The normalized spacial score (nSPS) is 18.1. The zero-order chi connectivity index (χ0) is 33.2. The van der Waals surface area contributed by atoms with Gasteiger partial charge in [0.1, 0.15) is 5.56 Å². The second-order valence-electron chi connectivity index (χ2n) is 12.8. The molecule has 1 spiro atoms. The van der Waals surface area contributed by atoms with E-state index in [1.807, 2.05) is 37.3 Å². The minimum atomic E-state index is -0.671. The van der Waals surface area contributed by atoms with E-state index in [9.17, 15) is 19.2 Å². The molecule has 2 aromatic heterocycles. The van der Waals surface area contributed by atoms with E-state index in [2.05, 4.69) is 21.6 Å². The van der Waals surface area contributed by atoms with Gasteiger partial charge in [0.25, 0.3) is 11.5 Å².